The van der Waals surface area contributed by atoms with Gasteiger partial charge in [0.2, 0.25) is 5.91 Å². The van der Waals surface area contributed by atoms with Gasteiger partial charge in [-0.25, -0.2) is 13.2 Å². The summed E-state index contributed by atoms with van der Waals surface area (Å²) in [7, 11) is -1.86. The molecule has 0 bridgehead atoms. The van der Waals surface area contributed by atoms with Gasteiger partial charge in [0.15, 0.2) is 15.6 Å². The topological polar surface area (TPSA) is 116 Å². The van der Waals surface area contributed by atoms with Crippen molar-refractivity contribution in [3.8, 4) is 0 Å². The fraction of sp³-hybridized carbons (Fsp3) is 0.303. The minimum absolute atomic E-state index is 0.0680. The van der Waals surface area contributed by atoms with E-state index in [0.717, 1.165) is 35.7 Å². The minimum atomic E-state index is -3.85. The second-order valence-corrected chi connectivity index (χ2v) is 12.5. The maximum atomic E-state index is 13.7. The van der Waals surface area contributed by atoms with Crippen molar-refractivity contribution >= 4 is 27.6 Å². The number of piperazine rings is 1. The first-order chi connectivity index (χ1) is 20.7. The van der Waals surface area contributed by atoms with Crippen LogP contribution >= 0.6 is 0 Å². The molecule has 43 heavy (non-hydrogen) atoms. The van der Waals surface area contributed by atoms with E-state index in [9.17, 15) is 22.8 Å². The summed E-state index contributed by atoms with van der Waals surface area (Å²) in [6.45, 7) is 2.55. The summed E-state index contributed by atoms with van der Waals surface area (Å²) < 4.78 is 25.6. The highest BCUT2D eigenvalue weighted by Gasteiger charge is 2.29. The second kappa shape index (κ2) is 15.3. The van der Waals surface area contributed by atoms with Crippen molar-refractivity contribution in [2.75, 3.05) is 33.2 Å². The number of aryl methyl sites for hydroxylation is 1. The monoisotopic (exact) mass is 602 g/mol. The first kappa shape index (κ1) is 31.7. The Balaban J connectivity index is 1.53. The molecule has 9 nitrogen and oxygen atoms in total. The van der Waals surface area contributed by atoms with Gasteiger partial charge in [-0.3, -0.25) is 9.59 Å². The van der Waals surface area contributed by atoms with Crippen LogP contribution in [-0.2, 0) is 32.3 Å². The van der Waals surface area contributed by atoms with Crippen molar-refractivity contribution in [3.05, 3.63) is 114 Å². The number of ketones is 1. The predicted octanol–water partition coefficient (Wildman–Crippen LogP) is 3.23. The molecule has 226 valence electrons. The number of carbonyl (C=O) groups is 3. The Morgan fingerprint density at radius 2 is 1.33 bits per heavy atom. The van der Waals surface area contributed by atoms with E-state index in [1.807, 2.05) is 67.7 Å². The Labute approximate surface area is 253 Å². The van der Waals surface area contributed by atoms with Crippen LogP contribution in [0.3, 0.4) is 0 Å². The van der Waals surface area contributed by atoms with Crippen LogP contribution in [0, 0.1) is 0 Å². The normalized spacial score (nSPS) is 15.5. The van der Waals surface area contributed by atoms with Crippen LogP contribution in [0.15, 0.2) is 107 Å². The molecule has 1 heterocycles. The summed E-state index contributed by atoms with van der Waals surface area (Å²) in [5.74, 6) is -1.07. The van der Waals surface area contributed by atoms with Gasteiger partial charge in [0.05, 0.1) is 10.9 Å². The highest BCUT2D eigenvalue weighted by Crippen LogP contribution is 2.13. The standard InChI is InChI=1S/C33H38N4O5S/c1-36-20-22-37(23-21-36)33(40)35-30(25-27-13-7-3-8-14-27)32(39)34-29(18-17-26-11-5-2-6-12-26)31(38)19-24-43(41,42)28-15-9-4-10-16-28/h2-16,19,24,29-30H,17-18,20-23,25H2,1H3,(H,34,39)(H,35,40)/b24-19+/t29-,30-/m0/s1. The molecule has 0 unspecified atom stereocenters. The summed E-state index contributed by atoms with van der Waals surface area (Å²) in [5.41, 5.74) is 1.82. The average Bonchev–Trinajstić information content (AvgIpc) is 3.03. The predicted molar refractivity (Wildman–Crippen MR) is 166 cm³/mol. The van der Waals surface area contributed by atoms with Gasteiger partial charge in [0, 0.05) is 38.0 Å². The Hall–Kier alpha value is -4.28. The van der Waals surface area contributed by atoms with E-state index in [2.05, 4.69) is 15.5 Å². The molecular formula is C33H38N4O5S. The third-order valence-corrected chi connectivity index (χ3v) is 8.82. The summed E-state index contributed by atoms with van der Waals surface area (Å²) in [5, 5.41) is 6.58. The molecule has 1 aliphatic rings. The number of carbonyl (C=O) groups excluding carboxylic acids is 3. The van der Waals surface area contributed by atoms with Crippen LogP contribution in [0.4, 0.5) is 4.79 Å². The second-order valence-electron chi connectivity index (χ2n) is 10.6. The number of amides is 3. The zero-order chi connectivity index (χ0) is 30.7. The molecule has 0 radical (unpaired) electrons. The molecule has 0 spiro atoms. The smallest absolute Gasteiger partial charge is 0.318 e. The quantitative estimate of drug-likeness (QED) is 0.308. The van der Waals surface area contributed by atoms with Gasteiger partial charge in [-0.2, -0.15) is 0 Å². The van der Waals surface area contributed by atoms with E-state index in [4.69, 9.17) is 0 Å². The van der Waals surface area contributed by atoms with Crippen LogP contribution in [0.25, 0.3) is 0 Å². The first-order valence-electron chi connectivity index (χ1n) is 14.4. The summed E-state index contributed by atoms with van der Waals surface area (Å²) in [4.78, 5) is 44.2. The molecule has 1 fully saturated rings. The largest absolute Gasteiger partial charge is 0.344 e. The number of hydrogen-bond acceptors (Lipinski definition) is 6. The third-order valence-electron chi connectivity index (χ3n) is 7.39. The van der Waals surface area contributed by atoms with E-state index in [1.54, 1.807) is 23.1 Å². The van der Waals surface area contributed by atoms with Gasteiger partial charge in [0.25, 0.3) is 0 Å². The number of nitrogens with one attached hydrogen (secondary N) is 2. The lowest BCUT2D eigenvalue weighted by atomic mass is 10.0. The zero-order valence-electron chi connectivity index (χ0n) is 24.3. The number of nitrogens with zero attached hydrogens (tertiary/aromatic N) is 2. The number of hydrogen-bond donors (Lipinski definition) is 2. The number of sulfone groups is 1. The van der Waals surface area contributed by atoms with Crippen molar-refractivity contribution in [2.45, 2.75) is 36.2 Å². The van der Waals surface area contributed by atoms with E-state index in [-0.39, 0.29) is 23.8 Å². The third kappa shape index (κ3) is 9.62. The van der Waals surface area contributed by atoms with Gasteiger partial charge in [-0.05, 0) is 49.2 Å². The van der Waals surface area contributed by atoms with E-state index in [1.165, 1.54) is 12.1 Å². The lowest BCUT2D eigenvalue weighted by Gasteiger charge is -2.33. The van der Waals surface area contributed by atoms with Crippen molar-refractivity contribution in [2.24, 2.45) is 0 Å². The fourth-order valence-corrected chi connectivity index (χ4v) is 5.79. The summed E-state index contributed by atoms with van der Waals surface area (Å²) in [6.07, 6.45) is 1.96. The summed E-state index contributed by atoms with van der Waals surface area (Å²) >= 11 is 0. The molecule has 3 aromatic rings. The molecule has 0 aromatic heterocycles. The van der Waals surface area contributed by atoms with E-state index in [0.29, 0.717) is 19.5 Å². The van der Waals surface area contributed by atoms with Crippen molar-refractivity contribution in [1.82, 2.24) is 20.4 Å². The van der Waals surface area contributed by atoms with E-state index < -0.39 is 33.6 Å². The van der Waals surface area contributed by atoms with Gasteiger partial charge >= 0.3 is 6.03 Å². The number of urea groups is 1. The molecular weight excluding hydrogens is 564 g/mol. The Morgan fingerprint density at radius 3 is 1.93 bits per heavy atom. The highest BCUT2D eigenvalue weighted by molar-refractivity contribution is 7.94. The van der Waals surface area contributed by atoms with Crippen molar-refractivity contribution in [1.29, 1.82) is 0 Å². The fourth-order valence-electron chi connectivity index (χ4n) is 4.78. The van der Waals surface area contributed by atoms with Crippen molar-refractivity contribution < 1.29 is 22.8 Å². The van der Waals surface area contributed by atoms with Crippen LogP contribution < -0.4 is 10.6 Å². The van der Waals surface area contributed by atoms with Crippen LogP contribution in [0.2, 0.25) is 0 Å². The molecule has 10 heteroatoms. The average molecular weight is 603 g/mol. The molecule has 0 aliphatic carbocycles. The molecule has 1 aliphatic heterocycles. The number of rotatable bonds is 12. The molecule has 0 saturated carbocycles. The minimum Gasteiger partial charge on any atom is -0.344 e. The Bertz CT molecular complexity index is 1490. The Kier molecular flexibility index (Phi) is 11.2. The van der Waals surface area contributed by atoms with Gasteiger partial charge in [-0.15, -0.1) is 0 Å². The molecule has 2 N–H and O–H groups in total. The Morgan fingerprint density at radius 1 is 0.767 bits per heavy atom. The summed E-state index contributed by atoms with van der Waals surface area (Å²) in [6, 6.07) is 24.4. The first-order valence-corrected chi connectivity index (χ1v) is 15.9. The van der Waals surface area contributed by atoms with Crippen LogP contribution in [0.5, 0.6) is 0 Å². The maximum absolute atomic E-state index is 13.7. The highest BCUT2D eigenvalue weighted by atomic mass is 32.2. The molecule has 2 atom stereocenters. The molecule has 1 saturated heterocycles. The van der Waals surface area contributed by atoms with Crippen LogP contribution in [-0.4, -0.2) is 81.2 Å². The van der Waals surface area contributed by atoms with Gasteiger partial charge in [0.1, 0.15) is 6.04 Å². The lowest BCUT2D eigenvalue weighted by molar-refractivity contribution is -0.127. The molecule has 3 amide bonds. The van der Waals surface area contributed by atoms with Gasteiger partial charge in [-0.1, -0.05) is 78.9 Å². The van der Waals surface area contributed by atoms with Crippen LogP contribution in [0.1, 0.15) is 17.5 Å². The number of likely N-dealkylation sites (N-methyl/N-ethyl adjacent to an activating group) is 1. The molecule has 4 rings (SSSR count). The zero-order valence-corrected chi connectivity index (χ0v) is 25.1. The van der Waals surface area contributed by atoms with Crippen molar-refractivity contribution in [3.63, 3.8) is 0 Å². The van der Waals surface area contributed by atoms with E-state index >= 15 is 0 Å². The molecule has 3 aromatic carbocycles. The SMILES string of the molecule is CN1CCN(C(=O)N[C@@H](Cc2ccccc2)C(=O)N[C@@H](CCc2ccccc2)C(=O)/C=C/S(=O)(=O)c2ccccc2)CC1. The number of benzene rings is 3. The maximum Gasteiger partial charge on any atom is 0.318 e. The van der Waals surface area contributed by atoms with Gasteiger partial charge < -0.3 is 20.4 Å². The lowest BCUT2D eigenvalue weighted by Crippen LogP contribution is -2.57.